The highest BCUT2D eigenvalue weighted by molar-refractivity contribution is 6.00. The van der Waals surface area contributed by atoms with Gasteiger partial charge >= 0.3 is 0 Å². The van der Waals surface area contributed by atoms with Crippen LogP contribution in [0, 0.1) is 16.7 Å². The van der Waals surface area contributed by atoms with E-state index >= 15 is 0 Å². The van der Waals surface area contributed by atoms with Crippen LogP contribution in [-0.4, -0.2) is 20.1 Å². The van der Waals surface area contributed by atoms with Crippen molar-refractivity contribution in [3.8, 4) is 17.6 Å². The summed E-state index contributed by atoms with van der Waals surface area (Å²) in [6, 6.07) is 7.18. The quantitative estimate of drug-likeness (QED) is 0.881. The third kappa shape index (κ3) is 2.09. The summed E-state index contributed by atoms with van der Waals surface area (Å²) in [7, 11) is 3.07. The molecule has 1 aromatic rings. The van der Waals surface area contributed by atoms with Crippen LogP contribution in [0.3, 0.4) is 0 Å². The molecule has 0 spiro atoms. The lowest BCUT2D eigenvalue weighted by Gasteiger charge is -2.13. The molecule has 5 heteroatoms. The molecule has 2 rings (SSSR count). The van der Waals surface area contributed by atoms with Gasteiger partial charge in [-0.2, -0.15) is 5.26 Å². The number of carbonyl (C=O) groups excluding carboxylic acids is 1. The third-order valence-electron chi connectivity index (χ3n) is 3.05. The predicted molar refractivity (Wildman–Crippen MR) is 65.5 cm³/mol. The van der Waals surface area contributed by atoms with Crippen LogP contribution in [0.1, 0.15) is 12.8 Å². The number of nitrogens with one attached hydrogen (secondary N) is 1. The maximum absolute atomic E-state index is 12.0. The van der Waals surface area contributed by atoms with Crippen molar-refractivity contribution in [1.29, 1.82) is 5.26 Å². The molecule has 0 aliphatic heterocycles. The number of rotatable bonds is 4. The van der Waals surface area contributed by atoms with Gasteiger partial charge < -0.3 is 14.8 Å². The number of anilines is 1. The second-order valence-corrected chi connectivity index (χ2v) is 4.21. The maximum Gasteiger partial charge on any atom is 0.244 e. The second kappa shape index (κ2) is 4.57. The predicted octanol–water partition coefficient (Wildman–Crippen LogP) is 1.95. The Kier molecular flexibility index (Phi) is 3.11. The SMILES string of the molecule is COc1ccc(OC)c(NC(=O)C2(C#N)CC2)c1. The molecule has 0 aromatic heterocycles. The maximum atomic E-state index is 12.0. The molecule has 1 aliphatic rings. The number of amides is 1. The fourth-order valence-corrected chi connectivity index (χ4v) is 1.67. The van der Waals surface area contributed by atoms with E-state index in [4.69, 9.17) is 14.7 Å². The van der Waals surface area contributed by atoms with Crippen LogP contribution in [0.25, 0.3) is 0 Å². The summed E-state index contributed by atoms with van der Waals surface area (Å²) in [4.78, 5) is 12.0. The Balaban J connectivity index is 2.23. The van der Waals surface area contributed by atoms with Crippen LogP contribution < -0.4 is 14.8 Å². The van der Waals surface area contributed by atoms with Crippen molar-refractivity contribution in [2.45, 2.75) is 12.8 Å². The lowest BCUT2D eigenvalue weighted by atomic mass is 10.1. The normalized spacial score (nSPS) is 15.4. The number of benzene rings is 1. The Bertz CT molecular complexity index is 515. The molecular weight excluding hydrogens is 232 g/mol. The first-order valence-corrected chi connectivity index (χ1v) is 5.60. The molecule has 1 aromatic carbocycles. The minimum absolute atomic E-state index is 0.281. The zero-order valence-corrected chi connectivity index (χ0v) is 10.3. The Morgan fingerprint density at radius 2 is 2.11 bits per heavy atom. The van der Waals surface area contributed by atoms with Gasteiger partial charge in [0.1, 0.15) is 16.9 Å². The van der Waals surface area contributed by atoms with Gasteiger partial charge in [-0.25, -0.2) is 0 Å². The summed E-state index contributed by atoms with van der Waals surface area (Å²) < 4.78 is 10.3. The molecule has 1 amide bonds. The minimum Gasteiger partial charge on any atom is -0.497 e. The second-order valence-electron chi connectivity index (χ2n) is 4.21. The summed E-state index contributed by atoms with van der Waals surface area (Å²) in [6.07, 6.45) is 1.23. The third-order valence-corrected chi connectivity index (χ3v) is 3.05. The van der Waals surface area contributed by atoms with Crippen molar-refractivity contribution in [1.82, 2.24) is 0 Å². The molecule has 1 aliphatic carbocycles. The largest absolute Gasteiger partial charge is 0.497 e. The highest BCUT2D eigenvalue weighted by atomic mass is 16.5. The molecule has 0 saturated heterocycles. The summed E-state index contributed by atoms with van der Waals surface area (Å²) in [5.74, 6) is 0.877. The highest BCUT2D eigenvalue weighted by Crippen LogP contribution is 2.46. The molecular formula is C13H14N2O3. The van der Waals surface area contributed by atoms with Crippen molar-refractivity contribution in [3.63, 3.8) is 0 Å². The fraction of sp³-hybridized carbons (Fsp3) is 0.385. The van der Waals surface area contributed by atoms with Crippen LogP contribution in [-0.2, 0) is 4.79 Å². The Hall–Kier alpha value is -2.22. The minimum atomic E-state index is -0.853. The molecule has 1 saturated carbocycles. The first-order chi connectivity index (χ1) is 8.65. The van der Waals surface area contributed by atoms with E-state index < -0.39 is 5.41 Å². The van der Waals surface area contributed by atoms with Gasteiger partial charge in [-0.05, 0) is 25.0 Å². The topological polar surface area (TPSA) is 71.3 Å². The summed E-state index contributed by atoms with van der Waals surface area (Å²) >= 11 is 0. The van der Waals surface area contributed by atoms with Gasteiger partial charge in [-0.15, -0.1) is 0 Å². The molecule has 0 atom stereocenters. The standard InChI is InChI=1S/C13H14N2O3/c1-17-9-3-4-11(18-2)10(7-9)15-12(16)13(8-14)5-6-13/h3-4,7H,5-6H2,1-2H3,(H,15,16). The number of hydrogen-bond acceptors (Lipinski definition) is 4. The molecule has 5 nitrogen and oxygen atoms in total. The first kappa shape index (κ1) is 12.2. The van der Waals surface area contributed by atoms with Gasteiger partial charge in [0, 0.05) is 6.07 Å². The van der Waals surface area contributed by atoms with Gasteiger partial charge in [0.05, 0.1) is 26.0 Å². The molecule has 94 valence electrons. The molecule has 1 N–H and O–H groups in total. The molecule has 0 radical (unpaired) electrons. The van der Waals surface area contributed by atoms with Crippen molar-refractivity contribution in [2.75, 3.05) is 19.5 Å². The van der Waals surface area contributed by atoms with E-state index in [0.29, 0.717) is 30.0 Å². The fourth-order valence-electron chi connectivity index (χ4n) is 1.67. The lowest BCUT2D eigenvalue weighted by Crippen LogP contribution is -2.23. The molecule has 18 heavy (non-hydrogen) atoms. The van der Waals surface area contributed by atoms with E-state index in [1.807, 2.05) is 0 Å². The summed E-state index contributed by atoms with van der Waals surface area (Å²) in [5, 5.41) is 11.7. The summed E-state index contributed by atoms with van der Waals surface area (Å²) in [5.41, 5.74) is -0.336. The van der Waals surface area contributed by atoms with Crippen LogP contribution in [0.5, 0.6) is 11.5 Å². The van der Waals surface area contributed by atoms with Gasteiger partial charge in [0.15, 0.2) is 0 Å². The molecule has 0 unspecified atom stereocenters. The smallest absolute Gasteiger partial charge is 0.244 e. The van der Waals surface area contributed by atoms with E-state index in [9.17, 15) is 4.79 Å². The van der Waals surface area contributed by atoms with Crippen molar-refractivity contribution in [3.05, 3.63) is 18.2 Å². The number of methoxy groups -OCH3 is 2. The zero-order chi connectivity index (χ0) is 13.2. The van der Waals surface area contributed by atoms with E-state index in [-0.39, 0.29) is 5.91 Å². The Labute approximate surface area is 105 Å². The number of nitriles is 1. The molecule has 1 fully saturated rings. The number of carbonyl (C=O) groups is 1. The van der Waals surface area contributed by atoms with Crippen molar-refractivity contribution < 1.29 is 14.3 Å². The van der Waals surface area contributed by atoms with E-state index in [1.165, 1.54) is 7.11 Å². The Morgan fingerprint density at radius 1 is 1.39 bits per heavy atom. The number of hydrogen-bond donors (Lipinski definition) is 1. The first-order valence-electron chi connectivity index (χ1n) is 5.60. The summed E-state index contributed by atoms with van der Waals surface area (Å²) in [6.45, 7) is 0. The number of ether oxygens (including phenoxy) is 2. The van der Waals surface area contributed by atoms with Crippen molar-refractivity contribution in [2.24, 2.45) is 5.41 Å². The van der Waals surface area contributed by atoms with Crippen LogP contribution in [0.4, 0.5) is 5.69 Å². The average Bonchev–Trinajstić information content (AvgIpc) is 3.19. The molecule has 0 bridgehead atoms. The molecule has 0 heterocycles. The lowest BCUT2D eigenvalue weighted by molar-refractivity contribution is -0.119. The van der Waals surface area contributed by atoms with E-state index in [2.05, 4.69) is 11.4 Å². The van der Waals surface area contributed by atoms with Crippen LogP contribution in [0.15, 0.2) is 18.2 Å². The van der Waals surface area contributed by atoms with Gasteiger partial charge in [-0.3, -0.25) is 4.79 Å². The average molecular weight is 246 g/mol. The zero-order valence-electron chi connectivity index (χ0n) is 10.3. The van der Waals surface area contributed by atoms with E-state index in [1.54, 1.807) is 25.3 Å². The van der Waals surface area contributed by atoms with E-state index in [0.717, 1.165) is 0 Å². The van der Waals surface area contributed by atoms with Crippen molar-refractivity contribution >= 4 is 11.6 Å². The van der Waals surface area contributed by atoms with Gasteiger partial charge in [0.25, 0.3) is 0 Å². The van der Waals surface area contributed by atoms with Crippen LogP contribution in [0.2, 0.25) is 0 Å². The van der Waals surface area contributed by atoms with Gasteiger partial charge in [0.2, 0.25) is 5.91 Å². The number of nitrogens with zero attached hydrogens (tertiary/aromatic N) is 1. The van der Waals surface area contributed by atoms with Crippen LogP contribution >= 0.6 is 0 Å². The monoisotopic (exact) mass is 246 g/mol. The Morgan fingerprint density at radius 3 is 2.61 bits per heavy atom. The van der Waals surface area contributed by atoms with Gasteiger partial charge in [-0.1, -0.05) is 0 Å². The highest BCUT2D eigenvalue weighted by Gasteiger charge is 2.50.